The highest BCUT2D eigenvalue weighted by Gasteiger charge is 2.25. The molecule has 0 unspecified atom stereocenters. The topological polar surface area (TPSA) is 118 Å². The molecule has 0 bridgehead atoms. The van der Waals surface area contributed by atoms with Gasteiger partial charge in [0.1, 0.15) is 18.8 Å². The number of hydrogen-bond acceptors (Lipinski definition) is 7. The van der Waals surface area contributed by atoms with Crippen LogP contribution in [0.25, 0.3) is 0 Å². The number of hydrogen-bond donors (Lipinski definition) is 2. The Kier molecular flexibility index (Phi) is 8.28. The average Bonchev–Trinajstić information content (AvgIpc) is 2.62. The van der Waals surface area contributed by atoms with Crippen molar-refractivity contribution in [3.05, 3.63) is 30.1 Å². The van der Waals surface area contributed by atoms with Gasteiger partial charge in [0.05, 0.1) is 6.21 Å². The molecular formula is C16H21N3O5. The Hall–Kier alpha value is -2.61. The maximum atomic E-state index is 12.2. The lowest BCUT2D eigenvalue weighted by Gasteiger charge is -2.19. The fourth-order valence-electron chi connectivity index (χ4n) is 1.74. The highest BCUT2D eigenvalue weighted by atomic mass is 16.5. The van der Waals surface area contributed by atoms with Gasteiger partial charge in [0, 0.05) is 25.9 Å². The van der Waals surface area contributed by atoms with Crippen molar-refractivity contribution in [3.63, 3.8) is 0 Å². The smallest absolute Gasteiger partial charge is 0.328 e. The van der Waals surface area contributed by atoms with Gasteiger partial charge in [-0.05, 0) is 31.0 Å². The van der Waals surface area contributed by atoms with Gasteiger partial charge in [0.15, 0.2) is 5.78 Å². The second-order valence-electron chi connectivity index (χ2n) is 5.05. The molecular weight excluding hydrogens is 314 g/mol. The summed E-state index contributed by atoms with van der Waals surface area (Å²) in [5.74, 6) is -1.57. The van der Waals surface area contributed by atoms with Gasteiger partial charge in [0.25, 0.3) is 0 Å². The molecule has 0 aromatic carbocycles. The lowest BCUT2D eigenvalue weighted by Crippen LogP contribution is -2.46. The molecule has 0 fully saturated rings. The number of amides is 1. The highest BCUT2D eigenvalue weighted by Crippen LogP contribution is 2.06. The molecule has 0 aliphatic heterocycles. The summed E-state index contributed by atoms with van der Waals surface area (Å²) in [7, 11) is 1.37. The van der Waals surface area contributed by atoms with E-state index in [1.807, 2.05) is 0 Å². The molecule has 1 aromatic rings. The Morgan fingerprint density at radius 2 is 2.00 bits per heavy atom. The van der Waals surface area contributed by atoms with Crippen LogP contribution in [0.5, 0.6) is 0 Å². The van der Waals surface area contributed by atoms with E-state index in [9.17, 15) is 14.4 Å². The normalized spacial score (nSPS) is 12.8. The van der Waals surface area contributed by atoms with Crippen molar-refractivity contribution >= 4 is 23.9 Å². The third-order valence-electron chi connectivity index (χ3n) is 3.29. The molecule has 1 amide bonds. The average molecular weight is 335 g/mol. The van der Waals surface area contributed by atoms with E-state index >= 15 is 0 Å². The van der Waals surface area contributed by atoms with Crippen molar-refractivity contribution in [1.29, 1.82) is 5.41 Å². The number of nitrogens with one attached hydrogen (secondary N) is 2. The molecule has 2 N–H and O–H groups in total. The van der Waals surface area contributed by atoms with E-state index in [0.717, 1.165) is 5.56 Å². The van der Waals surface area contributed by atoms with Crippen LogP contribution in [-0.2, 0) is 30.5 Å². The zero-order chi connectivity index (χ0) is 17.9. The Morgan fingerprint density at radius 3 is 2.58 bits per heavy atom. The number of pyridine rings is 1. The van der Waals surface area contributed by atoms with Crippen molar-refractivity contribution < 1.29 is 23.9 Å². The van der Waals surface area contributed by atoms with E-state index < -0.39 is 29.8 Å². The summed E-state index contributed by atoms with van der Waals surface area (Å²) >= 11 is 0. The molecule has 0 spiro atoms. The number of esters is 1. The van der Waals surface area contributed by atoms with Gasteiger partial charge in [-0.25, -0.2) is 4.79 Å². The van der Waals surface area contributed by atoms with Crippen LogP contribution in [0.3, 0.4) is 0 Å². The first-order valence-electron chi connectivity index (χ1n) is 7.40. The highest BCUT2D eigenvalue weighted by molar-refractivity contribution is 6.26. The van der Waals surface area contributed by atoms with Crippen LogP contribution in [-0.4, -0.2) is 48.1 Å². The van der Waals surface area contributed by atoms with Gasteiger partial charge in [0.2, 0.25) is 5.91 Å². The van der Waals surface area contributed by atoms with Crippen LogP contribution in [0.1, 0.15) is 25.3 Å². The van der Waals surface area contributed by atoms with Gasteiger partial charge in [-0.2, -0.15) is 0 Å². The molecule has 0 saturated carbocycles. The maximum Gasteiger partial charge on any atom is 0.328 e. The van der Waals surface area contributed by atoms with E-state index in [1.54, 1.807) is 24.5 Å². The largest absolute Gasteiger partial charge is 0.459 e. The van der Waals surface area contributed by atoms with Crippen molar-refractivity contribution in [2.45, 2.75) is 38.5 Å². The number of nitrogens with zero attached hydrogens (tertiary/aromatic N) is 1. The molecule has 0 aliphatic carbocycles. The summed E-state index contributed by atoms with van der Waals surface area (Å²) in [6.07, 6.45) is 3.10. The minimum atomic E-state index is -0.985. The SMILES string of the molecule is CO[C@H](C)C(=O)N[C@@H](CCC(=O)C=N)C(=O)OCc1ccncc1. The van der Waals surface area contributed by atoms with Gasteiger partial charge in [-0.15, -0.1) is 0 Å². The second-order valence-corrected chi connectivity index (χ2v) is 5.05. The van der Waals surface area contributed by atoms with Gasteiger partial charge in [-0.1, -0.05) is 0 Å². The number of carbonyl (C=O) groups is 3. The van der Waals surface area contributed by atoms with Crippen LogP contribution in [0.4, 0.5) is 0 Å². The van der Waals surface area contributed by atoms with E-state index in [0.29, 0.717) is 6.21 Å². The summed E-state index contributed by atoms with van der Waals surface area (Å²) in [5, 5.41) is 9.39. The van der Waals surface area contributed by atoms with Gasteiger partial charge in [-0.3, -0.25) is 14.6 Å². The zero-order valence-corrected chi connectivity index (χ0v) is 13.7. The van der Waals surface area contributed by atoms with Crippen molar-refractivity contribution in [2.24, 2.45) is 0 Å². The van der Waals surface area contributed by atoms with Crippen LogP contribution in [0.15, 0.2) is 24.5 Å². The van der Waals surface area contributed by atoms with Crippen molar-refractivity contribution in [3.8, 4) is 0 Å². The van der Waals surface area contributed by atoms with Crippen molar-refractivity contribution in [2.75, 3.05) is 7.11 Å². The predicted molar refractivity (Wildman–Crippen MR) is 85.5 cm³/mol. The van der Waals surface area contributed by atoms with E-state index in [1.165, 1.54) is 14.0 Å². The molecule has 8 nitrogen and oxygen atoms in total. The predicted octanol–water partition coefficient (Wildman–Crippen LogP) is 0.643. The molecule has 24 heavy (non-hydrogen) atoms. The van der Waals surface area contributed by atoms with E-state index in [2.05, 4.69) is 10.3 Å². The number of Topliss-reactive ketones (excluding diaryl/α,β-unsaturated/α-hetero) is 1. The number of ketones is 1. The number of aromatic nitrogens is 1. The summed E-state index contributed by atoms with van der Waals surface area (Å²) in [5.41, 5.74) is 0.754. The summed E-state index contributed by atoms with van der Waals surface area (Å²) in [6.45, 7) is 1.57. The third kappa shape index (κ3) is 6.66. The van der Waals surface area contributed by atoms with E-state index in [4.69, 9.17) is 14.9 Å². The van der Waals surface area contributed by atoms with Crippen LogP contribution in [0.2, 0.25) is 0 Å². The van der Waals surface area contributed by atoms with E-state index in [-0.39, 0.29) is 19.4 Å². The zero-order valence-electron chi connectivity index (χ0n) is 13.7. The fourth-order valence-corrected chi connectivity index (χ4v) is 1.74. The first kappa shape index (κ1) is 19.4. The van der Waals surface area contributed by atoms with Crippen LogP contribution in [0, 0.1) is 5.41 Å². The van der Waals surface area contributed by atoms with Crippen LogP contribution < -0.4 is 5.32 Å². The number of ether oxygens (including phenoxy) is 2. The minimum absolute atomic E-state index is 0.0338. The van der Waals surface area contributed by atoms with Gasteiger partial charge < -0.3 is 20.2 Å². The Balaban J connectivity index is 2.67. The van der Waals surface area contributed by atoms with Crippen LogP contribution >= 0.6 is 0 Å². The third-order valence-corrected chi connectivity index (χ3v) is 3.29. The Bertz CT molecular complexity index is 576. The summed E-state index contributed by atoms with van der Waals surface area (Å²) in [6, 6.07) is 2.42. The minimum Gasteiger partial charge on any atom is -0.459 e. The maximum absolute atomic E-state index is 12.2. The Morgan fingerprint density at radius 1 is 1.33 bits per heavy atom. The molecule has 1 heterocycles. The molecule has 130 valence electrons. The first-order chi connectivity index (χ1) is 11.5. The first-order valence-corrected chi connectivity index (χ1v) is 7.40. The molecule has 2 atom stereocenters. The quantitative estimate of drug-likeness (QED) is 0.478. The fraction of sp³-hybridized carbons (Fsp3) is 0.438. The molecule has 1 rings (SSSR count). The molecule has 8 heteroatoms. The lowest BCUT2D eigenvalue weighted by atomic mass is 10.1. The number of methoxy groups -OCH3 is 1. The number of carbonyl (C=O) groups excluding carboxylic acids is 3. The monoisotopic (exact) mass is 335 g/mol. The molecule has 0 radical (unpaired) electrons. The molecule has 1 aromatic heterocycles. The van der Waals surface area contributed by atoms with Crippen molar-refractivity contribution in [1.82, 2.24) is 10.3 Å². The standard InChI is InChI=1S/C16H21N3O5/c1-11(23-2)15(21)19-14(4-3-13(20)9-17)16(22)24-10-12-5-7-18-8-6-12/h5-9,11,14,17H,3-4,10H2,1-2H3,(H,19,21)/t11-,14+/m1/s1. The summed E-state index contributed by atoms with van der Waals surface area (Å²) < 4.78 is 10.1. The van der Waals surface area contributed by atoms with Gasteiger partial charge >= 0.3 is 5.97 Å². The molecule has 0 saturated heterocycles. The Labute approximate surface area is 140 Å². The lowest BCUT2D eigenvalue weighted by molar-refractivity contribution is -0.150. The summed E-state index contributed by atoms with van der Waals surface area (Å²) in [4.78, 5) is 39.2. The molecule has 0 aliphatic rings. The second kappa shape index (κ2) is 10.2. The number of rotatable bonds is 10.